The topological polar surface area (TPSA) is 58.5 Å². The van der Waals surface area contributed by atoms with E-state index < -0.39 is 0 Å². The fraction of sp³-hybridized carbons (Fsp3) is 0.474. The van der Waals surface area contributed by atoms with Crippen LogP contribution >= 0.6 is 11.3 Å². The number of aromatic nitrogens is 1. The second kappa shape index (κ2) is 10.0. The molecule has 0 fully saturated rings. The predicted molar refractivity (Wildman–Crippen MR) is 106 cm³/mol. The smallest absolute Gasteiger partial charge is 0.191 e. The minimum absolute atomic E-state index is 0.664. The lowest BCUT2D eigenvalue weighted by Gasteiger charge is -2.14. The lowest BCUT2D eigenvalue weighted by atomic mass is 10.1. The largest absolute Gasteiger partial charge is 0.494 e. The van der Waals surface area contributed by atoms with Gasteiger partial charge >= 0.3 is 0 Å². The maximum atomic E-state index is 5.73. The number of hydrogen-bond acceptors (Lipinski definition) is 4. The number of benzene rings is 1. The highest BCUT2D eigenvalue weighted by Gasteiger charge is 2.06. The molecule has 0 aliphatic heterocycles. The summed E-state index contributed by atoms with van der Waals surface area (Å²) in [4.78, 5) is 10.1. The number of guanidine groups is 1. The summed E-state index contributed by atoms with van der Waals surface area (Å²) < 4.78 is 5.73. The van der Waals surface area contributed by atoms with Gasteiger partial charge in [-0.25, -0.2) is 4.98 Å². The van der Waals surface area contributed by atoms with E-state index in [1.165, 1.54) is 10.4 Å². The molecule has 2 N–H and O–H groups in total. The van der Waals surface area contributed by atoms with Crippen LogP contribution in [-0.4, -0.2) is 31.1 Å². The Morgan fingerprint density at radius 1 is 1.28 bits per heavy atom. The van der Waals surface area contributed by atoms with Crippen LogP contribution in [0, 0.1) is 6.92 Å². The van der Waals surface area contributed by atoms with Crippen LogP contribution in [-0.2, 0) is 19.4 Å². The number of ether oxygens (including phenoxy) is 1. The SMILES string of the molecule is CCOc1cc(C)ccc1CNC(=NC)NCCc1ncc(CC)s1. The average Bonchev–Trinajstić information content (AvgIpc) is 3.07. The van der Waals surface area contributed by atoms with Crippen molar-refractivity contribution in [3.05, 3.63) is 45.4 Å². The molecule has 5 nitrogen and oxygen atoms in total. The first-order chi connectivity index (χ1) is 12.2. The van der Waals surface area contributed by atoms with E-state index in [1.807, 2.05) is 13.1 Å². The molecule has 0 saturated heterocycles. The molecular weight excluding hydrogens is 332 g/mol. The van der Waals surface area contributed by atoms with Crippen molar-refractivity contribution in [3.8, 4) is 5.75 Å². The Morgan fingerprint density at radius 3 is 2.80 bits per heavy atom. The van der Waals surface area contributed by atoms with E-state index in [-0.39, 0.29) is 0 Å². The molecule has 136 valence electrons. The van der Waals surface area contributed by atoms with Crippen LogP contribution in [0.3, 0.4) is 0 Å². The summed E-state index contributed by atoms with van der Waals surface area (Å²) in [7, 11) is 1.78. The highest BCUT2D eigenvalue weighted by molar-refractivity contribution is 7.11. The Morgan fingerprint density at radius 2 is 2.12 bits per heavy atom. The first kappa shape index (κ1) is 19.2. The fourth-order valence-electron chi connectivity index (χ4n) is 2.41. The number of thiazole rings is 1. The molecule has 2 rings (SSSR count). The van der Waals surface area contributed by atoms with E-state index in [0.29, 0.717) is 13.2 Å². The van der Waals surface area contributed by atoms with E-state index >= 15 is 0 Å². The molecule has 1 aromatic carbocycles. The molecule has 0 amide bonds. The summed E-state index contributed by atoms with van der Waals surface area (Å²) in [5.74, 6) is 1.72. The average molecular weight is 361 g/mol. The van der Waals surface area contributed by atoms with Gasteiger partial charge in [-0.15, -0.1) is 11.3 Å². The van der Waals surface area contributed by atoms with Gasteiger partial charge in [-0.1, -0.05) is 19.1 Å². The summed E-state index contributed by atoms with van der Waals surface area (Å²) >= 11 is 1.78. The van der Waals surface area contributed by atoms with Gasteiger partial charge in [-0.05, 0) is 31.9 Å². The highest BCUT2D eigenvalue weighted by Crippen LogP contribution is 2.20. The monoisotopic (exact) mass is 360 g/mol. The molecule has 0 bridgehead atoms. The number of hydrogen-bond donors (Lipinski definition) is 2. The third-order valence-electron chi connectivity index (χ3n) is 3.77. The molecule has 1 aromatic heterocycles. The molecule has 0 radical (unpaired) electrons. The summed E-state index contributed by atoms with van der Waals surface area (Å²) in [5.41, 5.74) is 2.33. The molecule has 0 spiro atoms. The van der Waals surface area contributed by atoms with Gasteiger partial charge in [-0.2, -0.15) is 0 Å². The summed E-state index contributed by atoms with van der Waals surface area (Å²) in [6.07, 6.45) is 3.92. The van der Waals surface area contributed by atoms with E-state index in [0.717, 1.165) is 41.7 Å². The summed E-state index contributed by atoms with van der Waals surface area (Å²) in [6.45, 7) is 8.38. The third-order valence-corrected chi connectivity index (χ3v) is 4.98. The lowest BCUT2D eigenvalue weighted by Crippen LogP contribution is -2.37. The molecule has 2 aromatic rings. The van der Waals surface area contributed by atoms with Crippen molar-refractivity contribution >= 4 is 17.3 Å². The van der Waals surface area contributed by atoms with Gasteiger partial charge in [0.1, 0.15) is 5.75 Å². The number of nitrogens with zero attached hydrogens (tertiary/aromatic N) is 2. The number of aliphatic imine (C=N–C) groups is 1. The van der Waals surface area contributed by atoms with E-state index in [9.17, 15) is 0 Å². The molecule has 0 saturated carbocycles. The van der Waals surface area contributed by atoms with Crippen LogP contribution in [0.25, 0.3) is 0 Å². The minimum atomic E-state index is 0.664. The first-order valence-electron chi connectivity index (χ1n) is 8.76. The molecule has 0 atom stereocenters. The van der Waals surface area contributed by atoms with Crippen LogP contribution in [0.5, 0.6) is 5.75 Å². The summed E-state index contributed by atoms with van der Waals surface area (Å²) in [5, 5.41) is 7.86. The van der Waals surface area contributed by atoms with E-state index in [2.05, 4.69) is 52.7 Å². The lowest BCUT2D eigenvalue weighted by molar-refractivity contribution is 0.336. The van der Waals surface area contributed by atoms with Crippen LogP contribution < -0.4 is 15.4 Å². The van der Waals surface area contributed by atoms with Crippen molar-refractivity contribution < 1.29 is 4.74 Å². The fourth-order valence-corrected chi connectivity index (χ4v) is 3.27. The van der Waals surface area contributed by atoms with Crippen molar-refractivity contribution in [3.63, 3.8) is 0 Å². The normalized spacial score (nSPS) is 11.4. The van der Waals surface area contributed by atoms with Gasteiger partial charge < -0.3 is 15.4 Å². The zero-order valence-corrected chi connectivity index (χ0v) is 16.4. The first-order valence-corrected chi connectivity index (χ1v) is 9.58. The Labute approximate surface area is 154 Å². The van der Waals surface area contributed by atoms with Gasteiger partial charge in [0, 0.05) is 43.2 Å². The van der Waals surface area contributed by atoms with Crippen molar-refractivity contribution in [1.82, 2.24) is 15.6 Å². The minimum Gasteiger partial charge on any atom is -0.494 e. The van der Waals surface area contributed by atoms with Crippen LogP contribution in [0.4, 0.5) is 0 Å². The van der Waals surface area contributed by atoms with Crippen molar-refractivity contribution in [2.75, 3.05) is 20.2 Å². The maximum Gasteiger partial charge on any atom is 0.191 e. The molecule has 25 heavy (non-hydrogen) atoms. The van der Waals surface area contributed by atoms with Gasteiger partial charge in [0.25, 0.3) is 0 Å². The Balaban J connectivity index is 1.84. The van der Waals surface area contributed by atoms with Gasteiger partial charge in [0.15, 0.2) is 5.96 Å². The van der Waals surface area contributed by atoms with Crippen molar-refractivity contribution in [2.24, 2.45) is 4.99 Å². The Kier molecular flexibility index (Phi) is 7.73. The van der Waals surface area contributed by atoms with Crippen LogP contribution in [0.15, 0.2) is 29.4 Å². The van der Waals surface area contributed by atoms with E-state index in [4.69, 9.17) is 4.74 Å². The van der Waals surface area contributed by atoms with Gasteiger partial charge in [-0.3, -0.25) is 4.99 Å². The molecule has 0 unspecified atom stereocenters. The highest BCUT2D eigenvalue weighted by atomic mass is 32.1. The maximum absolute atomic E-state index is 5.73. The molecular formula is C19H28N4OS. The third kappa shape index (κ3) is 6.05. The van der Waals surface area contributed by atoms with Crippen LogP contribution in [0.2, 0.25) is 0 Å². The number of nitrogens with one attached hydrogen (secondary N) is 2. The standard InChI is InChI=1S/C19H28N4OS/c1-5-16-13-22-18(25-16)9-10-21-19(20-4)23-12-15-8-7-14(3)11-17(15)24-6-2/h7-8,11,13H,5-6,9-10,12H2,1-4H3,(H2,20,21,23). The Bertz CT molecular complexity index is 696. The Hall–Kier alpha value is -2.08. The van der Waals surface area contributed by atoms with Crippen molar-refractivity contribution in [2.45, 2.75) is 40.2 Å². The number of rotatable bonds is 8. The molecule has 0 aliphatic rings. The predicted octanol–water partition coefficient (Wildman–Crippen LogP) is 3.32. The second-order valence-electron chi connectivity index (χ2n) is 5.72. The van der Waals surface area contributed by atoms with Gasteiger partial charge in [0.2, 0.25) is 0 Å². The second-order valence-corrected chi connectivity index (χ2v) is 6.92. The number of aryl methyl sites for hydroxylation is 2. The van der Waals surface area contributed by atoms with Crippen molar-refractivity contribution in [1.29, 1.82) is 0 Å². The van der Waals surface area contributed by atoms with E-state index in [1.54, 1.807) is 18.4 Å². The zero-order chi connectivity index (χ0) is 18.1. The zero-order valence-electron chi connectivity index (χ0n) is 15.6. The quantitative estimate of drug-likeness (QED) is 0.560. The molecule has 6 heteroatoms. The summed E-state index contributed by atoms with van der Waals surface area (Å²) in [6, 6.07) is 6.27. The van der Waals surface area contributed by atoms with Crippen LogP contribution in [0.1, 0.15) is 34.9 Å². The van der Waals surface area contributed by atoms with Gasteiger partial charge in [0.05, 0.1) is 11.6 Å². The molecule has 0 aliphatic carbocycles. The molecule has 1 heterocycles.